The first-order chi connectivity index (χ1) is 6.84. The summed E-state index contributed by atoms with van der Waals surface area (Å²) in [6.07, 6.45) is 0. The van der Waals surface area contributed by atoms with Crippen LogP contribution in [0, 0.1) is 0 Å². The number of hydrogen-bond acceptors (Lipinski definition) is 2. The molecule has 0 radical (unpaired) electrons. The fourth-order valence-corrected chi connectivity index (χ4v) is 1.80. The zero-order valence-corrected chi connectivity index (χ0v) is 7.95. The average molecular weight is 204 g/mol. The standard InChI is InChI=1S/C11H6ClNO/c12-11-13-9-6-5-7-3-1-2-4-8(7)10(9)14-11/h1-6H. The lowest BCUT2D eigenvalue weighted by Crippen LogP contribution is -1.72. The van der Waals surface area contributed by atoms with Gasteiger partial charge in [-0.25, -0.2) is 0 Å². The van der Waals surface area contributed by atoms with Gasteiger partial charge in [-0.1, -0.05) is 30.3 Å². The van der Waals surface area contributed by atoms with Crippen molar-refractivity contribution >= 4 is 33.5 Å². The van der Waals surface area contributed by atoms with Crippen molar-refractivity contribution in [3.05, 3.63) is 41.7 Å². The summed E-state index contributed by atoms with van der Waals surface area (Å²) < 4.78 is 5.34. The molecule has 0 unspecified atom stereocenters. The van der Waals surface area contributed by atoms with Gasteiger partial charge < -0.3 is 4.42 Å². The van der Waals surface area contributed by atoms with E-state index in [1.807, 2.05) is 36.4 Å². The number of aromatic nitrogens is 1. The highest BCUT2D eigenvalue weighted by Gasteiger charge is 2.06. The fourth-order valence-electron chi connectivity index (χ4n) is 1.63. The molecule has 3 aromatic rings. The van der Waals surface area contributed by atoms with Crippen molar-refractivity contribution in [2.45, 2.75) is 0 Å². The number of halogens is 1. The third-order valence-electron chi connectivity index (χ3n) is 2.25. The van der Waals surface area contributed by atoms with Crippen LogP contribution in [0.1, 0.15) is 0 Å². The van der Waals surface area contributed by atoms with Gasteiger partial charge in [0, 0.05) is 5.39 Å². The van der Waals surface area contributed by atoms with Gasteiger partial charge in [0.2, 0.25) is 0 Å². The maximum atomic E-state index is 5.71. The van der Waals surface area contributed by atoms with Crippen molar-refractivity contribution in [1.29, 1.82) is 0 Å². The Morgan fingerprint density at radius 3 is 2.86 bits per heavy atom. The van der Waals surface area contributed by atoms with Crippen LogP contribution in [0.5, 0.6) is 0 Å². The van der Waals surface area contributed by atoms with E-state index in [9.17, 15) is 0 Å². The Morgan fingerprint density at radius 1 is 1.07 bits per heavy atom. The normalized spacial score (nSPS) is 11.2. The molecule has 0 fully saturated rings. The van der Waals surface area contributed by atoms with Gasteiger partial charge in [-0.05, 0) is 23.1 Å². The smallest absolute Gasteiger partial charge is 0.293 e. The van der Waals surface area contributed by atoms with Gasteiger partial charge in [0.05, 0.1) is 0 Å². The molecule has 0 aliphatic heterocycles. The number of hydrogen-bond donors (Lipinski definition) is 0. The molecule has 2 aromatic carbocycles. The first-order valence-electron chi connectivity index (χ1n) is 4.28. The number of benzene rings is 2. The molecule has 0 aliphatic carbocycles. The Morgan fingerprint density at radius 2 is 1.93 bits per heavy atom. The van der Waals surface area contributed by atoms with Gasteiger partial charge in [0.1, 0.15) is 5.52 Å². The van der Waals surface area contributed by atoms with Crippen LogP contribution in [0.3, 0.4) is 0 Å². The van der Waals surface area contributed by atoms with Gasteiger partial charge in [-0.2, -0.15) is 4.98 Å². The lowest BCUT2D eigenvalue weighted by atomic mass is 10.1. The second-order valence-electron chi connectivity index (χ2n) is 3.10. The highest BCUT2D eigenvalue weighted by atomic mass is 35.5. The maximum absolute atomic E-state index is 5.71. The number of nitrogens with zero attached hydrogens (tertiary/aromatic N) is 1. The Labute approximate surface area is 85.1 Å². The highest BCUT2D eigenvalue weighted by Crippen LogP contribution is 2.27. The van der Waals surface area contributed by atoms with E-state index in [0.29, 0.717) is 0 Å². The average Bonchev–Trinajstić information content (AvgIpc) is 2.59. The molecule has 2 nitrogen and oxygen atoms in total. The van der Waals surface area contributed by atoms with Crippen LogP contribution in [0.2, 0.25) is 5.35 Å². The Kier molecular flexibility index (Phi) is 1.52. The topological polar surface area (TPSA) is 26.0 Å². The van der Waals surface area contributed by atoms with Gasteiger partial charge >= 0.3 is 0 Å². The van der Waals surface area contributed by atoms with Crippen molar-refractivity contribution < 1.29 is 4.42 Å². The summed E-state index contributed by atoms with van der Waals surface area (Å²) in [5.74, 6) is 0. The van der Waals surface area contributed by atoms with E-state index < -0.39 is 0 Å². The molecule has 0 spiro atoms. The van der Waals surface area contributed by atoms with Crippen LogP contribution in [0.25, 0.3) is 21.9 Å². The Balaban J connectivity index is 2.60. The molecule has 3 heteroatoms. The maximum Gasteiger partial charge on any atom is 0.293 e. The molecule has 0 atom stereocenters. The molecule has 0 saturated carbocycles. The van der Waals surface area contributed by atoms with Crippen molar-refractivity contribution in [2.24, 2.45) is 0 Å². The minimum absolute atomic E-state index is 0.191. The zero-order valence-electron chi connectivity index (χ0n) is 7.20. The van der Waals surface area contributed by atoms with E-state index in [1.165, 1.54) is 0 Å². The third kappa shape index (κ3) is 1.01. The summed E-state index contributed by atoms with van der Waals surface area (Å²) >= 11 is 5.71. The minimum Gasteiger partial charge on any atom is -0.427 e. The lowest BCUT2D eigenvalue weighted by Gasteiger charge is -1.95. The molecule has 14 heavy (non-hydrogen) atoms. The zero-order chi connectivity index (χ0) is 9.54. The van der Waals surface area contributed by atoms with E-state index >= 15 is 0 Å². The first kappa shape index (κ1) is 7.83. The summed E-state index contributed by atoms with van der Waals surface area (Å²) in [4.78, 5) is 4.06. The molecule has 0 amide bonds. The molecule has 0 bridgehead atoms. The minimum atomic E-state index is 0.191. The number of fused-ring (bicyclic) bond motifs is 3. The van der Waals surface area contributed by atoms with Crippen LogP contribution in [-0.4, -0.2) is 4.98 Å². The van der Waals surface area contributed by atoms with E-state index in [-0.39, 0.29) is 5.35 Å². The van der Waals surface area contributed by atoms with Crippen molar-refractivity contribution in [3.8, 4) is 0 Å². The quantitative estimate of drug-likeness (QED) is 0.558. The second kappa shape index (κ2) is 2.72. The second-order valence-corrected chi connectivity index (χ2v) is 3.43. The Hall–Kier alpha value is -1.54. The van der Waals surface area contributed by atoms with Crippen LogP contribution >= 0.6 is 11.6 Å². The summed E-state index contributed by atoms with van der Waals surface area (Å²) in [5, 5.41) is 2.37. The van der Waals surface area contributed by atoms with E-state index in [0.717, 1.165) is 21.9 Å². The van der Waals surface area contributed by atoms with Crippen molar-refractivity contribution in [3.63, 3.8) is 0 Å². The molecule has 3 rings (SSSR count). The van der Waals surface area contributed by atoms with Crippen LogP contribution in [0.4, 0.5) is 0 Å². The highest BCUT2D eigenvalue weighted by molar-refractivity contribution is 6.28. The lowest BCUT2D eigenvalue weighted by molar-refractivity contribution is 0.607. The van der Waals surface area contributed by atoms with Crippen LogP contribution < -0.4 is 0 Å². The van der Waals surface area contributed by atoms with Gasteiger partial charge in [-0.15, -0.1) is 0 Å². The molecule has 1 aromatic heterocycles. The predicted octanol–water partition coefficient (Wildman–Crippen LogP) is 3.63. The molecule has 0 aliphatic rings. The van der Waals surface area contributed by atoms with Crippen molar-refractivity contribution in [1.82, 2.24) is 4.98 Å². The SMILES string of the molecule is Clc1nc2ccc3ccccc3c2o1. The third-order valence-corrected chi connectivity index (χ3v) is 2.42. The van der Waals surface area contributed by atoms with E-state index in [1.54, 1.807) is 0 Å². The molecule has 0 N–H and O–H groups in total. The van der Waals surface area contributed by atoms with E-state index in [4.69, 9.17) is 16.0 Å². The molecule has 0 saturated heterocycles. The van der Waals surface area contributed by atoms with E-state index in [2.05, 4.69) is 4.98 Å². The summed E-state index contributed by atoms with van der Waals surface area (Å²) in [6.45, 7) is 0. The van der Waals surface area contributed by atoms with Crippen LogP contribution in [-0.2, 0) is 0 Å². The molecule has 68 valence electrons. The Bertz CT molecular complexity index is 615. The predicted molar refractivity (Wildman–Crippen MR) is 56.5 cm³/mol. The first-order valence-corrected chi connectivity index (χ1v) is 4.66. The van der Waals surface area contributed by atoms with Crippen molar-refractivity contribution in [2.75, 3.05) is 0 Å². The number of oxazole rings is 1. The summed E-state index contributed by atoms with van der Waals surface area (Å²) in [5.41, 5.74) is 1.56. The van der Waals surface area contributed by atoms with Gasteiger partial charge in [0.15, 0.2) is 5.58 Å². The van der Waals surface area contributed by atoms with Gasteiger partial charge in [-0.3, -0.25) is 0 Å². The molecular weight excluding hydrogens is 198 g/mol. The summed E-state index contributed by atoms with van der Waals surface area (Å²) in [6, 6.07) is 11.9. The largest absolute Gasteiger partial charge is 0.427 e. The summed E-state index contributed by atoms with van der Waals surface area (Å²) in [7, 11) is 0. The molecular formula is C11H6ClNO. The monoisotopic (exact) mass is 203 g/mol. The molecule has 1 heterocycles. The van der Waals surface area contributed by atoms with Gasteiger partial charge in [0.25, 0.3) is 5.35 Å². The fraction of sp³-hybridized carbons (Fsp3) is 0. The van der Waals surface area contributed by atoms with Crippen LogP contribution in [0.15, 0.2) is 40.8 Å². The number of rotatable bonds is 0.